The summed E-state index contributed by atoms with van der Waals surface area (Å²) in [5.74, 6) is -4.22. The molecule has 0 aliphatic rings. The van der Waals surface area contributed by atoms with Gasteiger partial charge in [0.15, 0.2) is 18.2 Å². The SMILES string of the molecule is C.C.C.C.CCC(=O)c1ccccc1.CCCCC.CCOC(=O)CC(=O)OCC(=O)CC(=O)OC(=O)c1ccccc1. The van der Waals surface area contributed by atoms with Crippen LogP contribution < -0.4 is 0 Å². The Labute approximate surface area is 259 Å². The molecule has 2 rings (SSSR count). The van der Waals surface area contributed by atoms with Crippen molar-refractivity contribution in [1.82, 2.24) is 0 Å². The summed E-state index contributed by atoms with van der Waals surface area (Å²) in [4.78, 5) is 67.8. The Morgan fingerprint density at radius 3 is 1.47 bits per heavy atom. The third kappa shape index (κ3) is 25.3. The van der Waals surface area contributed by atoms with Gasteiger partial charge in [-0.3, -0.25) is 24.0 Å². The van der Waals surface area contributed by atoms with E-state index in [0.29, 0.717) is 6.42 Å². The Balaban J connectivity index is -0.000000212. The van der Waals surface area contributed by atoms with Crippen LogP contribution in [0.1, 0.15) is 117 Å². The Kier molecular flexibility index (Phi) is 34.8. The molecule has 2 aromatic carbocycles. The van der Waals surface area contributed by atoms with Crippen LogP contribution in [0.5, 0.6) is 0 Å². The van der Waals surface area contributed by atoms with Crippen LogP contribution in [0.15, 0.2) is 60.7 Å². The molecule has 0 heterocycles. The van der Waals surface area contributed by atoms with Gasteiger partial charge < -0.3 is 14.2 Å². The molecule has 0 N–H and O–H groups in total. The van der Waals surface area contributed by atoms with Gasteiger partial charge in [-0.25, -0.2) is 4.79 Å². The third-order valence-corrected chi connectivity index (χ3v) is 4.67. The number of benzene rings is 2. The molecule has 9 heteroatoms. The van der Waals surface area contributed by atoms with Crippen molar-refractivity contribution in [2.45, 2.75) is 95.9 Å². The summed E-state index contributed by atoms with van der Waals surface area (Å²) in [6.07, 6.45) is 3.31. The van der Waals surface area contributed by atoms with E-state index in [1.54, 1.807) is 25.1 Å². The molecule has 0 amide bonds. The molecule has 244 valence electrons. The first kappa shape index (κ1) is 48.6. The highest BCUT2D eigenvalue weighted by molar-refractivity contribution is 6.03. The summed E-state index contributed by atoms with van der Waals surface area (Å²) in [7, 11) is 0. The van der Waals surface area contributed by atoms with Gasteiger partial charge in [0.2, 0.25) is 0 Å². The highest BCUT2D eigenvalue weighted by Gasteiger charge is 2.18. The van der Waals surface area contributed by atoms with Crippen molar-refractivity contribution in [1.29, 1.82) is 0 Å². The molecule has 0 aliphatic carbocycles. The molecule has 0 atom stereocenters. The number of hydrogen-bond acceptors (Lipinski definition) is 9. The second-order valence-electron chi connectivity index (χ2n) is 7.98. The predicted molar refractivity (Wildman–Crippen MR) is 172 cm³/mol. The fourth-order valence-electron chi connectivity index (χ4n) is 2.71. The molecule has 9 nitrogen and oxygen atoms in total. The Bertz CT molecular complexity index is 1030. The largest absolute Gasteiger partial charge is 0.466 e. The maximum atomic E-state index is 11.6. The van der Waals surface area contributed by atoms with Gasteiger partial charge in [-0.15, -0.1) is 0 Å². The van der Waals surface area contributed by atoms with Gasteiger partial charge in [-0.05, 0) is 19.1 Å². The average molecular weight is 607 g/mol. The normalized spacial score (nSPS) is 8.56. The van der Waals surface area contributed by atoms with Gasteiger partial charge in [-0.2, -0.15) is 0 Å². The fraction of sp³-hybridized carbons (Fsp3) is 0.471. The number of esters is 4. The number of unbranched alkanes of at least 4 members (excludes halogenated alkanes) is 2. The molecule has 0 unspecified atom stereocenters. The minimum Gasteiger partial charge on any atom is -0.466 e. The molecule has 2 aromatic rings. The lowest BCUT2D eigenvalue weighted by molar-refractivity contribution is -0.157. The van der Waals surface area contributed by atoms with Crippen LogP contribution in [0, 0.1) is 0 Å². The lowest BCUT2D eigenvalue weighted by Gasteiger charge is -2.05. The third-order valence-electron chi connectivity index (χ3n) is 4.67. The first-order valence-electron chi connectivity index (χ1n) is 12.9. The van der Waals surface area contributed by atoms with Gasteiger partial charge in [0, 0.05) is 12.0 Å². The molecule has 0 fully saturated rings. The van der Waals surface area contributed by atoms with E-state index in [9.17, 15) is 28.8 Å². The summed E-state index contributed by atoms with van der Waals surface area (Å²) >= 11 is 0. The van der Waals surface area contributed by atoms with Gasteiger partial charge in [-0.1, -0.05) is 118 Å². The van der Waals surface area contributed by atoms with Crippen molar-refractivity contribution in [3.05, 3.63) is 71.8 Å². The first-order valence-corrected chi connectivity index (χ1v) is 12.9. The second-order valence-corrected chi connectivity index (χ2v) is 7.98. The minimum atomic E-state index is -1.06. The molecule has 43 heavy (non-hydrogen) atoms. The van der Waals surface area contributed by atoms with E-state index in [4.69, 9.17) is 0 Å². The van der Waals surface area contributed by atoms with Crippen molar-refractivity contribution >= 4 is 35.4 Å². The van der Waals surface area contributed by atoms with Crippen molar-refractivity contribution in [2.75, 3.05) is 13.2 Å². The second kappa shape index (κ2) is 30.8. The number of ketones is 2. The van der Waals surface area contributed by atoms with Gasteiger partial charge >= 0.3 is 23.9 Å². The zero-order valence-corrected chi connectivity index (χ0v) is 23.1. The summed E-state index contributed by atoms with van der Waals surface area (Å²) < 4.78 is 13.6. The first-order chi connectivity index (χ1) is 18.7. The van der Waals surface area contributed by atoms with Crippen LogP contribution in [-0.4, -0.2) is 48.7 Å². The number of carbonyl (C=O) groups is 6. The van der Waals surface area contributed by atoms with Gasteiger partial charge in [0.1, 0.15) is 12.8 Å². The van der Waals surface area contributed by atoms with Crippen molar-refractivity contribution in [3.63, 3.8) is 0 Å². The fourth-order valence-corrected chi connectivity index (χ4v) is 2.71. The minimum absolute atomic E-state index is 0. The quantitative estimate of drug-likeness (QED) is 0.103. The van der Waals surface area contributed by atoms with Crippen molar-refractivity contribution < 1.29 is 43.0 Å². The molecular formula is C34H54O9. The van der Waals surface area contributed by atoms with Crippen LogP contribution in [0.4, 0.5) is 0 Å². The van der Waals surface area contributed by atoms with E-state index >= 15 is 0 Å². The number of ether oxygens (including phenoxy) is 3. The maximum absolute atomic E-state index is 11.6. The maximum Gasteiger partial charge on any atom is 0.345 e. The van der Waals surface area contributed by atoms with Gasteiger partial charge in [0.05, 0.1) is 12.2 Å². The van der Waals surface area contributed by atoms with Crippen molar-refractivity contribution in [3.8, 4) is 0 Å². The predicted octanol–water partition coefficient (Wildman–Crippen LogP) is 7.85. The number of Topliss-reactive ketones (excluding diaryl/α,β-unsaturated/α-hetero) is 2. The Morgan fingerprint density at radius 2 is 1.05 bits per heavy atom. The zero-order valence-electron chi connectivity index (χ0n) is 23.1. The summed E-state index contributed by atoms with van der Waals surface area (Å²) in [5, 5.41) is 0. The van der Waals surface area contributed by atoms with Crippen LogP contribution in [0.25, 0.3) is 0 Å². The van der Waals surface area contributed by atoms with E-state index in [2.05, 4.69) is 28.1 Å². The summed E-state index contributed by atoms with van der Waals surface area (Å²) in [6, 6.07) is 17.1. The lowest BCUT2D eigenvalue weighted by Crippen LogP contribution is -2.21. The highest BCUT2D eigenvalue weighted by atomic mass is 16.6. The van der Waals surface area contributed by atoms with E-state index in [1.165, 1.54) is 31.4 Å². The topological polar surface area (TPSA) is 130 Å². The van der Waals surface area contributed by atoms with Crippen LogP contribution in [0.3, 0.4) is 0 Å². The smallest absolute Gasteiger partial charge is 0.345 e. The molecule has 0 bridgehead atoms. The van der Waals surface area contributed by atoms with Crippen molar-refractivity contribution in [2.24, 2.45) is 0 Å². The zero-order chi connectivity index (χ0) is 29.5. The summed E-state index contributed by atoms with van der Waals surface area (Å²) in [5.41, 5.74) is 0.976. The van der Waals surface area contributed by atoms with Crippen LogP contribution in [0.2, 0.25) is 0 Å². The number of rotatable bonds is 12. The highest BCUT2D eigenvalue weighted by Crippen LogP contribution is 2.03. The van der Waals surface area contributed by atoms with E-state index in [1.807, 2.05) is 37.3 Å². The standard InChI is InChI=1S/C16H16O8.C9H10O.C5H12.4CH4/c1-2-22-13(18)9-14(19)23-10-12(17)8-15(20)24-16(21)11-6-4-3-5-7-11;1-2-9(10)8-6-4-3-5-7-8;1-3-5-4-2;;;;/h3-7H,2,8-10H2,1H3;3-7H,2H2,1H3;3-5H2,1-2H3;4*1H4. The molecule has 0 aliphatic heterocycles. The monoisotopic (exact) mass is 606 g/mol. The Morgan fingerprint density at radius 1 is 0.581 bits per heavy atom. The lowest BCUT2D eigenvalue weighted by atomic mass is 10.1. The molecule has 0 saturated heterocycles. The molecule has 0 radical (unpaired) electrons. The Hall–Kier alpha value is -4.14. The van der Waals surface area contributed by atoms with Crippen LogP contribution >= 0.6 is 0 Å². The van der Waals surface area contributed by atoms with E-state index < -0.39 is 49.1 Å². The van der Waals surface area contributed by atoms with E-state index in [0.717, 1.165) is 5.56 Å². The number of carbonyl (C=O) groups excluding carboxylic acids is 6. The number of hydrogen-bond donors (Lipinski definition) is 0. The molecule has 0 saturated carbocycles. The molecular weight excluding hydrogens is 552 g/mol. The average Bonchev–Trinajstić information content (AvgIpc) is 2.93. The van der Waals surface area contributed by atoms with Crippen LogP contribution in [-0.2, 0) is 33.4 Å². The van der Waals surface area contributed by atoms with Gasteiger partial charge in [0.25, 0.3) is 0 Å². The molecule has 0 aromatic heterocycles. The van der Waals surface area contributed by atoms with E-state index in [-0.39, 0.29) is 47.7 Å². The molecule has 0 spiro atoms. The summed E-state index contributed by atoms with van der Waals surface area (Å²) in [6.45, 7) is 7.29.